The van der Waals surface area contributed by atoms with Crippen molar-refractivity contribution in [3.63, 3.8) is 0 Å². The van der Waals surface area contributed by atoms with Gasteiger partial charge in [-0.05, 0) is 12.1 Å². The van der Waals surface area contributed by atoms with E-state index in [-0.39, 0.29) is 23.1 Å². The summed E-state index contributed by atoms with van der Waals surface area (Å²) in [6.07, 6.45) is 0.413. The van der Waals surface area contributed by atoms with Crippen LogP contribution in [0.1, 0.15) is 21.7 Å². The van der Waals surface area contributed by atoms with Crippen molar-refractivity contribution in [2.24, 2.45) is 7.05 Å². The van der Waals surface area contributed by atoms with E-state index in [1.165, 1.54) is 0 Å². The Morgan fingerprint density at radius 3 is 2.57 bits per heavy atom. The lowest BCUT2D eigenvalue weighted by molar-refractivity contribution is 0.0739. The summed E-state index contributed by atoms with van der Waals surface area (Å²) in [4.78, 5) is 17.0. The highest BCUT2D eigenvalue weighted by Gasteiger charge is 2.33. The monoisotopic (exact) mass is 404 g/mol. The lowest BCUT2D eigenvalue weighted by Crippen LogP contribution is -2.49. The van der Waals surface area contributed by atoms with E-state index < -0.39 is 9.84 Å². The quantitative estimate of drug-likeness (QED) is 0.755. The number of amides is 1. The third kappa shape index (κ3) is 3.34. The van der Waals surface area contributed by atoms with Crippen LogP contribution in [0.4, 0.5) is 5.69 Å². The molecule has 1 amide bonds. The predicted octanol–water partition coefficient (Wildman–Crippen LogP) is 0.862. The first-order valence-corrected chi connectivity index (χ1v) is 11.1. The lowest BCUT2D eigenvalue weighted by atomic mass is 10.1. The highest BCUT2D eigenvalue weighted by molar-refractivity contribution is 7.90. The minimum absolute atomic E-state index is 0.0988. The molecule has 1 saturated heterocycles. The molecule has 0 spiro atoms. The summed E-state index contributed by atoms with van der Waals surface area (Å²) in [6.45, 7) is 2.46. The number of nitrogens with zero attached hydrogens (tertiary/aromatic N) is 4. The molecule has 1 fully saturated rings. The number of para-hydroxylation sites is 2. The van der Waals surface area contributed by atoms with Gasteiger partial charge in [0.25, 0.3) is 5.91 Å². The van der Waals surface area contributed by atoms with E-state index in [9.17, 15) is 13.2 Å². The minimum atomic E-state index is -3.17. The standard InChI is InChI=1S/C19H24N4O4S/c1-21-15-7-12-28(25,26)13-14(15)18(20-21)19(24)23-10-8-22(9-11-23)16-5-3-4-6-17(16)27-2/h3-6H,7-13H2,1-2H3. The fourth-order valence-corrected chi connectivity index (χ4v) is 5.37. The summed E-state index contributed by atoms with van der Waals surface area (Å²) in [7, 11) is 0.252. The minimum Gasteiger partial charge on any atom is -0.495 e. The molecule has 0 N–H and O–H groups in total. The number of carbonyl (C=O) groups is 1. The van der Waals surface area contributed by atoms with Gasteiger partial charge in [-0.3, -0.25) is 9.48 Å². The van der Waals surface area contributed by atoms with Crippen LogP contribution in [-0.2, 0) is 29.1 Å². The van der Waals surface area contributed by atoms with Crippen molar-refractivity contribution in [2.75, 3.05) is 43.9 Å². The number of anilines is 1. The summed E-state index contributed by atoms with van der Waals surface area (Å²) < 4.78 is 31.2. The zero-order valence-electron chi connectivity index (χ0n) is 16.1. The highest BCUT2D eigenvalue weighted by Crippen LogP contribution is 2.29. The van der Waals surface area contributed by atoms with Crippen molar-refractivity contribution in [1.82, 2.24) is 14.7 Å². The molecule has 1 aromatic heterocycles. The van der Waals surface area contributed by atoms with Crippen molar-refractivity contribution in [2.45, 2.75) is 12.2 Å². The molecule has 28 heavy (non-hydrogen) atoms. The number of sulfone groups is 1. The molecule has 150 valence electrons. The number of benzene rings is 1. The molecule has 0 bridgehead atoms. The van der Waals surface area contributed by atoms with E-state index in [0.717, 1.165) is 17.1 Å². The van der Waals surface area contributed by atoms with Gasteiger partial charge in [-0.1, -0.05) is 12.1 Å². The van der Waals surface area contributed by atoms with E-state index >= 15 is 0 Å². The highest BCUT2D eigenvalue weighted by atomic mass is 32.2. The Morgan fingerprint density at radius 2 is 1.86 bits per heavy atom. The Labute approximate surface area is 164 Å². The Bertz CT molecular complexity index is 1010. The van der Waals surface area contributed by atoms with Crippen molar-refractivity contribution >= 4 is 21.4 Å². The largest absolute Gasteiger partial charge is 0.495 e. The van der Waals surface area contributed by atoms with Crippen LogP contribution < -0.4 is 9.64 Å². The van der Waals surface area contributed by atoms with Gasteiger partial charge in [0, 0.05) is 50.9 Å². The number of methoxy groups -OCH3 is 1. The maximum atomic E-state index is 13.1. The second kappa shape index (κ2) is 7.12. The van der Waals surface area contributed by atoms with Crippen LogP contribution >= 0.6 is 0 Å². The van der Waals surface area contributed by atoms with E-state index in [1.54, 1.807) is 23.7 Å². The van der Waals surface area contributed by atoms with Gasteiger partial charge in [0.05, 0.1) is 24.3 Å². The molecule has 3 heterocycles. The van der Waals surface area contributed by atoms with Gasteiger partial charge >= 0.3 is 0 Å². The van der Waals surface area contributed by atoms with Crippen LogP contribution in [0.15, 0.2) is 24.3 Å². The lowest BCUT2D eigenvalue weighted by Gasteiger charge is -2.36. The zero-order chi connectivity index (χ0) is 19.9. The number of fused-ring (bicyclic) bond motifs is 1. The van der Waals surface area contributed by atoms with Crippen LogP contribution in [0.2, 0.25) is 0 Å². The van der Waals surface area contributed by atoms with Crippen molar-refractivity contribution < 1.29 is 17.9 Å². The molecule has 0 aliphatic carbocycles. The number of hydrogen-bond donors (Lipinski definition) is 0. The van der Waals surface area contributed by atoms with Crippen LogP contribution in [0.3, 0.4) is 0 Å². The van der Waals surface area contributed by atoms with Gasteiger partial charge in [-0.15, -0.1) is 0 Å². The summed E-state index contributed by atoms with van der Waals surface area (Å²) >= 11 is 0. The summed E-state index contributed by atoms with van der Waals surface area (Å²) in [5.74, 6) is 0.642. The second-order valence-corrected chi connectivity index (χ2v) is 9.37. The molecule has 0 radical (unpaired) electrons. The maximum Gasteiger partial charge on any atom is 0.274 e. The maximum absolute atomic E-state index is 13.1. The zero-order valence-corrected chi connectivity index (χ0v) is 16.9. The van der Waals surface area contributed by atoms with Gasteiger partial charge in [-0.2, -0.15) is 5.10 Å². The topological polar surface area (TPSA) is 84.7 Å². The predicted molar refractivity (Wildman–Crippen MR) is 106 cm³/mol. The Kier molecular flexibility index (Phi) is 4.78. The Morgan fingerprint density at radius 1 is 1.14 bits per heavy atom. The van der Waals surface area contributed by atoms with Crippen LogP contribution in [-0.4, -0.2) is 68.0 Å². The Hall–Kier alpha value is -2.55. The number of piperazine rings is 1. The molecular formula is C19H24N4O4S. The molecule has 0 saturated carbocycles. The fourth-order valence-electron chi connectivity index (χ4n) is 3.97. The number of rotatable bonds is 3. The van der Waals surface area contributed by atoms with Crippen LogP contribution in [0.25, 0.3) is 0 Å². The average Bonchev–Trinajstić information content (AvgIpc) is 3.02. The molecule has 2 aliphatic heterocycles. The van der Waals surface area contributed by atoms with Gasteiger partial charge in [-0.25, -0.2) is 8.42 Å². The summed E-state index contributed by atoms with van der Waals surface area (Å²) in [5, 5.41) is 4.36. The number of ether oxygens (including phenoxy) is 1. The molecule has 1 aromatic carbocycles. The number of hydrogen-bond acceptors (Lipinski definition) is 6. The van der Waals surface area contributed by atoms with E-state index in [4.69, 9.17) is 4.74 Å². The first-order chi connectivity index (χ1) is 13.4. The second-order valence-electron chi connectivity index (χ2n) is 7.19. The average molecular weight is 404 g/mol. The van der Waals surface area contributed by atoms with Gasteiger partial charge in [0.1, 0.15) is 5.75 Å². The van der Waals surface area contributed by atoms with E-state index in [0.29, 0.717) is 38.2 Å². The third-order valence-corrected chi connectivity index (χ3v) is 7.04. The van der Waals surface area contributed by atoms with Crippen LogP contribution in [0.5, 0.6) is 5.75 Å². The molecule has 4 rings (SSSR count). The number of aryl methyl sites for hydroxylation is 1. The smallest absolute Gasteiger partial charge is 0.274 e. The van der Waals surface area contributed by atoms with E-state index in [2.05, 4.69) is 10.00 Å². The molecule has 0 unspecified atom stereocenters. The molecule has 2 aliphatic rings. The Balaban J connectivity index is 1.51. The summed E-state index contributed by atoms with van der Waals surface area (Å²) in [6, 6.07) is 7.83. The number of aromatic nitrogens is 2. The van der Waals surface area contributed by atoms with E-state index in [1.807, 2.05) is 24.3 Å². The normalized spacial score (nSPS) is 18.6. The fraction of sp³-hybridized carbons (Fsp3) is 0.474. The molecular weight excluding hydrogens is 380 g/mol. The first kappa shape index (κ1) is 18.8. The van der Waals surface area contributed by atoms with Gasteiger partial charge in [0.15, 0.2) is 15.5 Å². The molecule has 8 nitrogen and oxygen atoms in total. The van der Waals surface area contributed by atoms with Gasteiger partial charge < -0.3 is 14.5 Å². The number of carbonyl (C=O) groups excluding carboxylic acids is 1. The first-order valence-electron chi connectivity index (χ1n) is 9.32. The SMILES string of the molecule is COc1ccccc1N1CCN(C(=O)c2nn(C)c3c2CS(=O)(=O)CC3)CC1. The molecule has 2 aromatic rings. The molecule has 0 atom stereocenters. The molecule has 9 heteroatoms. The van der Waals surface area contributed by atoms with Crippen molar-refractivity contribution in [1.29, 1.82) is 0 Å². The van der Waals surface area contributed by atoms with Gasteiger partial charge in [0.2, 0.25) is 0 Å². The third-order valence-electron chi connectivity index (χ3n) is 5.48. The van der Waals surface area contributed by atoms with Crippen molar-refractivity contribution in [3.05, 3.63) is 41.2 Å². The summed E-state index contributed by atoms with van der Waals surface area (Å²) in [5.41, 5.74) is 2.72. The van der Waals surface area contributed by atoms with Crippen molar-refractivity contribution in [3.8, 4) is 5.75 Å². The van der Waals surface area contributed by atoms with Crippen LogP contribution in [0, 0.1) is 0 Å².